The Balaban J connectivity index is -0.000000234. The highest BCUT2D eigenvalue weighted by molar-refractivity contribution is 4.41. The molecule has 6 nitrogen and oxygen atoms in total. The van der Waals surface area contributed by atoms with Crippen LogP contribution < -0.4 is 0 Å². The molecule has 0 saturated heterocycles. The molecule has 1 unspecified atom stereocenters. The van der Waals surface area contributed by atoms with Crippen LogP contribution in [0.2, 0.25) is 0 Å². The minimum absolute atomic E-state index is 0.227. The summed E-state index contributed by atoms with van der Waals surface area (Å²) in [5.41, 5.74) is 0. The average Bonchev–Trinajstić information content (AvgIpc) is 2.51. The molecule has 0 aromatic rings. The van der Waals surface area contributed by atoms with Gasteiger partial charge in [-0.15, -0.1) is 0 Å². The molecule has 0 amide bonds. The van der Waals surface area contributed by atoms with Gasteiger partial charge in [0.25, 0.3) is 0 Å². The van der Waals surface area contributed by atoms with Gasteiger partial charge in [0.15, 0.2) is 0 Å². The molecule has 0 aromatic carbocycles. The summed E-state index contributed by atoms with van der Waals surface area (Å²) >= 11 is 0. The molecule has 0 bridgehead atoms. The monoisotopic (exact) mass is 312 g/mol. The standard InChI is InChI=1S/C6H14O2.C5H12O2.C4H10O2/c1-7-5-3-4-6-8-2;1-5(7-3)4-6-2;1-5-3-4-6-2/h3-6H2,1-2H3;5H,4H2,1-3H3;3-4H2,1-2H3. The van der Waals surface area contributed by atoms with E-state index in [4.69, 9.17) is 18.9 Å². The largest absolute Gasteiger partial charge is 0.385 e. The van der Waals surface area contributed by atoms with E-state index in [9.17, 15) is 0 Å². The fourth-order valence-electron chi connectivity index (χ4n) is 0.962. The predicted molar refractivity (Wildman–Crippen MR) is 85.1 cm³/mol. The second-order valence-corrected chi connectivity index (χ2v) is 4.18. The van der Waals surface area contributed by atoms with Crippen molar-refractivity contribution < 1.29 is 28.4 Å². The van der Waals surface area contributed by atoms with E-state index >= 15 is 0 Å². The van der Waals surface area contributed by atoms with Crippen molar-refractivity contribution in [2.45, 2.75) is 25.9 Å². The minimum Gasteiger partial charge on any atom is -0.385 e. The fraction of sp³-hybridized carbons (Fsp3) is 1.00. The Morgan fingerprint density at radius 1 is 0.571 bits per heavy atom. The molecule has 0 aliphatic carbocycles. The first-order chi connectivity index (χ1) is 10.1. The van der Waals surface area contributed by atoms with Gasteiger partial charge in [-0.05, 0) is 19.8 Å². The molecule has 0 aliphatic heterocycles. The lowest BCUT2D eigenvalue weighted by atomic mass is 10.3. The van der Waals surface area contributed by atoms with Gasteiger partial charge in [0, 0.05) is 55.9 Å². The average molecular weight is 312 g/mol. The van der Waals surface area contributed by atoms with Crippen LogP contribution >= 0.6 is 0 Å². The first-order valence-electron chi connectivity index (χ1n) is 7.11. The van der Waals surface area contributed by atoms with Crippen molar-refractivity contribution in [3.63, 3.8) is 0 Å². The Labute approximate surface area is 131 Å². The van der Waals surface area contributed by atoms with Gasteiger partial charge < -0.3 is 28.4 Å². The number of rotatable bonds is 11. The summed E-state index contributed by atoms with van der Waals surface area (Å²) < 4.78 is 28.6. The first kappa shape index (κ1) is 25.7. The van der Waals surface area contributed by atoms with E-state index < -0.39 is 0 Å². The molecule has 132 valence electrons. The lowest BCUT2D eigenvalue weighted by molar-refractivity contribution is 0.0401. The maximum atomic E-state index is 4.87. The van der Waals surface area contributed by atoms with Crippen molar-refractivity contribution in [3.8, 4) is 0 Å². The molecule has 21 heavy (non-hydrogen) atoms. The van der Waals surface area contributed by atoms with Gasteiger partial charge in [0.1, 0.15) is 0 Å². The second kappa shape index (κ2) is 28.0. The van der Waals surface area contributed by atoms with Crippen molar-refractivity contribution in [2.75, 3.05) is 75.7 Å². The van der Waals surface area contributed by atoms with Crippen LogP contribution in [-0.4, -0.2) is 81.8 Å². The predicted octanol–water partition coefficient (Wildman–Crippen LogP) is 2.01. The van der Waals surface area contributed by atoms with Crippen molar-refractivity contribution in [2.24, 2.45) is 0 Å². The van der Waals surface area contributed by atoms with E-state index in [0.29, 0.717) is 19.8 Å². The maximum absolute atomic E-state index is 4.87. The Hall–Kier alpha value is -0.240. The minimum atomic E-state index is 0.227. The van der Waals surface area contributed by atoms with Gasteiger partial charge in [-0.3, -0.25) is 0 Å². The van der Waals surface area contributed by atoms with E-state index in [2.05, 4.69) is 9.47 Å². The third-order valence-electron chi connectivity index (χ3n) is 2.24. The van der Waals surface area contributed by atoms with Crippen molar-refractivity contribution in [1.82, 2.24) is 0 Å². The molecule has 0 rings (SSSR count). The van der Waals surface area contributed by atoms with Gasteiger partial charge in [0.05, 0.1) is 25.9 Å². The number of hydrogen-bond donors (Lipinski definition) is 0. The van der Waals surface area contributed by atoms with Crippen LogP contribution in [0.5, 0.6) is 0 Å². The van der Waals surface area contributed by atoms with Gasteiger partial charge in [-0.2, -0.15) is 0 Å². The zero-order valence-corrected chi connectivity index (χ0v) is 15.0. The molecule has 6 heteroatoms. The SMILES string of the molecule is COCC(C)OC.COCCCCOC.COCCOC. The Bertz CT molecular complexity index is 136. The number of hydrogen-bond acceptors (Lipinski definition) is 6. The van der Waals surface area contributed by atoms with E-state index in [0.717, 1.165) is 26.1 Å². The zero-order valence-electron chi connectivity index (χ0n) is 15.0. The van der Waals surface area contributed by atoms with Crippen LogP contribution in [-0.2, 0) is 28.4 Å². The third kappa shape index (κ3) is 38.3. The summed E-state index contributed by atoms with van der Waals surface area (Å²) in [6, 6.07) is 0. The van der Waals surface area contributed by atoms with Crippen LogP contribution in [0.3, 0.4) is 0 Å². The highest BCUT2D eigenvalue weighted by Crippen LogP contribution is 1.87. The molecule has 0 aromatic heterocycles. The van der Waals surface area contributed by atoms with Gasteiger partial charge in [-0.1, -0.05) is 0 Å². The number of methoxy groups -OCH3 is 6. The van der Waals surface area contributed by atoms with E-state index in [1.165, 1.54) is 0 Å². The van der Waals surface area contributed by atoms with Crippen molar-refractivity contribution in [3.05, 3.63) is 0 Å². The fourth-order valence-corrected chi connectivity index (χ4v) is 0.962. The molecule has 0 spiro atoms. The lowest BCUT2D eigenvalue weighted by Gasteiger charge is -2.05. The summed E-state index contributed by atoms with van der Waals surface area (Å²) in [6.45, 7) is 5.72. The molecule has 0 N–H and O–H groups in total. The van der Waals surface area contributed by atoms with E-state index in [1.807, 2.05) is 6.92 Å². The highest BCUT2D eigenvalue weighted by atomic mass is 16.5. The Kier molecular flexibility index (Phi) is 34.3. The molecule has 0 fully saturated rings. The summed E-state index contributed by atoms with van der Waals surface area (Å²) in [6.07, 6.45) is 2.43. The van der Waals surface area contributed by atoms with Crippen molar-refractivity contribution >= 4 is 0 Å². The first-order valence-corrected chi connectivity index (χ1v) is 7.11. The quantitative estimate of drug-likeness (QED) is 0.544. The van der Waals surface area contributed by atoms with Gasteiger partial charge in [0.2, 0.25) is 0 Å². The van der Waals surface area contributed by atoms with Gasteiger partial charge in [-0.25, -0.2) is 0 Å². The summed E-state index contributed by atoms with van der Waals surface area (Å²) in [5, 5.41) is 0. The van der Waals surface area contributed by atoms with E-state index in [-0.39, 0.29) is 6.10 Å². The van der Waals surface area contributed by atoms with E-state index in [1.54, 1.807) is 42.7 Å². The second-order valence-electron chi connectivity index (χ2n) is 4.18. The zero-order chi connectivity index (χ0) is 16.8. The van der Waals surface area contributed by atoms with Crippen LogP contribution in [0.25, 0.3) is 0 Å². The smallest absolute Gasteiger partial charge is 0.0776 e. The highest BCUT2D eigenvalue weighted by Gasteiger charge is 1.93. The Morgan fingerprint density at radius 3 is 1.14 bits per heavy atom. The summed E-state index contributed by atoms with van der Waals surface area (Å²) in [5.74, 6) is 0. The molecular formula is C15H36O6. The molecule has 0 saturated carbocycles. The van der Waals surface area contributed by atoms with Crippen LogP contribution in [0.1, 0.15) is 19.8 Å². The summed E-state index contributed by atoms with van der Waals surface area (Å²) in [7, 11) is 10.1. The number of unbranched alkanes of at least 4 members (excludes halogenated alkanes) is 1. The molecule has 0 aliphatic rings. The normalized spacial score (nSPS) is 11.0. The van der Waals surface area contributed by atoms with Gasteiger partial charge >= 0.3 is 0 Å². The summed E-state index contributed by atoms with van der Waals surface area (Å²) in [4.78, 5) is 0. The molecular weight excluding hydrogens is 276 g/mol. The van der Waals surface area contributed by atoms with Crippen LogP contribution in [0.15, 0.2) is 0 Å². The lowest BCUT2D eigenvalue weighted by Crippen LogP contribution is -2.11. The topological polar surface area (TPSA) is 55.4 Å². The maximum Gasteiger partial charge on any atom is 0.0776 e. The Morgan fingerprint density at radius 2 is 0.952 bits per heavy atom. The molecule has 0 radical (unpaired) electrons. The third-order valence-corrected chi connectivity index (χ3v) is 2.24. The molecule has 1 atom stereocenters. The molecule has 0 heterocycles. The van der Waals surface area contributed by atoms with Crippen LogP contribution in [0.4, 0.5) is 0 Å². The van der Waals surface area contributed by atoms with Crippen molar-refractivity contribution in [1.29, 1.82) is 0 Å². The van der Waals surface area contributed by atoms with Crippen LogP contribution in [0, 0.1) is 0 Å². The number of ether oxygens (including phenoxy) is 6.